The second kappa shape index (κ2) is 8.27. The van der Waals surface area contributed by atoms with E-state index in [4.69, 9.17) is 14.4 Å². The lowest BCUT2D eigenvalue weighted by atomic mass is 10.0. The molecule has 0 spiro atoms. The molecule has 0 heterocycles. The molecule has 2 N–H and O–H groups in total. The summed E-state index contributed by atoms with van der Waals surface area (Å²) in [6.07, 6.45) is 0.774. The average molecular weight is 336 g/mol. The fraction of sp³-hybridized carbons (Fsp3) is 0.294. The molecule has 0 saturated heterocycles. The van der Waals surface area contributed by atoms with Crippen molar-refractivity contribution in [1.82, 2.24) is 0 Å². The highest BCUT2D eigenvalue weighted by atomic mass is 31.2. The Bertz CT molecular complexity index is 652. The maximum absolute atomic E-state index is 11.7. The van der Waals surface area contributed by atoms with Gasteiger partial charge in [-0.25, -0.2) is 0 Å². The summed E-state index contributed by atoms with van der Waals surface area (Å²) in [5.74, 6) is 0.626. The van der Waals surface area contributed by atoms with Crippen LogP contribution in [0.2, 0.25) is 0 Å². The van der Waals surface area contributed by atoms with Gasteiger partial charge in [-0.15, -0.1) is 0 Å². The van der Waals surface area contributed by atoms with E-state index >= 15 is 0 Å². The molecule has 2 aromatic carbocycles. The Morgan fingerprint density at radius 3 is 2.00 bits per heavy atom. The predicted octanol–water partition coefficient (Wildman–Crippen LogP) is 3.33. The van der Waals surface area contributed by atoms with Crippen LogP contribution in [0, 0.1) is 0 Å². The molecule has 124 valence electrons. The summed E-state index contributed by atoms with van der Waals surface area (Å²) in [6, 6.07) is 15.1. The molecule has 6 heteroatoms. The number of ether oxygens (including phenoxy) is 1. The fourth-order valence-corrected chi connectivity index (χ4v) is 3.42. The normalized spacial score (nSPS) is 13.5. The first-order chi connectivity index (χ1) is 11.0. The lowest BCUT2D eigenvalue weighted by Gasteiger charge is -2.11. The maximum Gasteiger partial charge on any atom is 0.332 e. The first kappa shape index (κ1) is 17.7. The van der Waals surface area contributed by atoms with Crippen molar-refractivity contribution in [2.24, 2.45) is 0 Å². The van der Waals surface area contributed by atoms with Crippen molar-refractivity contribution in [3.05, 3.63) is 65.2 Å². The zero-order valence-electron chi connectivity index (χ0n) is 13.0. The van der Waals surface area contributed by atoms with Crippen LogP contribution in [0.15, 0.2) is 48.5 Å². The molecule has 0 aliphatic rings. The van der Waals surface area contributed by atoms with E-state index in [-0.39, 0.29) is 19.6 Å². The highest BCUT2D eigenvalue weighted by Crippen LogP contribution is 2.45. The van der Waals surface area contributed by atoms with Crippen molar-refractivity contribution in [2.45, 2.75) is 19.5 Å². The zero-order chi connectivity index (χ0) is 16.7. The lowest BCUT2D eigenvalue weighted by Crippen LogP contribution is -1.95. The van der Waals surface area contributed by atoms with Crippen LogP contribution in [0.5, 0.6) is 5.75 Å². The van der Waals surface area contributed by atoms with E-state index in [9.17, 15) is 9.46 Å². The van der Waals surface area contributed by atoms with Crippen LogP contribution >= 0.6 is 7.60 Å². The zero-order valence-corrected chi connectivity index (χ0v) is 13.9. The summed E-state index contributed by atoms with van der Waals surface area (Å²) in [4.78, 5) is 9.65. The van der Waals surface area contributed by atoms with Crippen molar-refractivity contribution < 1.29 is 23.8 Å². The Balaban J connectivity index is 1.98. The molecule has 0 aliphatic heterocycles. The van der Waals surface area contributed by atoms with Crippen molar-refractivity contribution in [2.75, 3.05) is 13.4 Å². The third-order valence-electron chi connectivity index (χ3n) is 3.30. The molecule has 0 aromatic heterocycles. The average Bonchev–Trinajstić information content (AvgIpc) is 2.51. The van der Waals surface area contributed by atoms with Crippen LogP contribution in [-0.2, 0) is 21.7 Å². The molecule has 2 aromatic rings. The van der Waals surface area contributed by atoms with Gasteiger partial charge in [0.15, 0.2) is 6.79 Å². The SMILES string of the molecule is CCOP(=O)(O)Cc1ccc(Cc2ccc(OCO)cc2)cc1. The van der Waals surface area contributed by atoms with Gasteiger partial charge in [0.1, 0.15) is 5.75 Å². The van der Waals surface area contributed by atoms with Gasteiger partial charge in [-0.05, 0) is 42.2 Å². The summed E-state index contributed by atoms with van der Waals surface area (Å²) in [5.41, 5.74) is 3.00. The maximum atomic E-state index is 11.7. The standard InChI is InChI=1S/C17H21O5P/c1-2-22-23(19,20)12-16-5-3-14(4-6-16)11-15-7-9-17(10-8-15)21-13-18/h3-10,18H,2,11-13H2,1H3,(H,19,20). The van der Waals surface area contributed by atoms with Crippen molar-refractivity contribution >= 4 is 7.60 Å². The Morgan fingerprint density at radius 2 is 1.48 bits per heavy atom. The van der Waals surface area contributed by atoms with Gasteiger partial charge >= 0.3 is 7.60 Å². The molecule has 23 heavy (non-hydrogen) atoms. The molecule has 1 unspecified atom stereocenters. The minimum Gasteiger partial charge on any atom is -0.468 e. The molecule has 0 amide bonds. The van der Waals surface area contributed by atoms with E-state index < -0.39 is 7.60 Å². The Morgan fingerprint density at radius 1 is 0.957 bits per heavy atom. The number of hydrogen-bond donors (Lipinski definition) is 2. The largest absolute Gasteiger partial charge is 0.468 e. The van der Waals surface area contributed by atoms with Crippen LogP contribution in [0.25, 0.3) is 0 Å². The molecule has 1 atom stereocenters. The van der Waals surface area contributed by atoms with Gasteiger partial charge in [-0.1, -0.05) is 36.4 Å². The second-order valence-corrected chi connectivity index (χ2v) is 6.97. The fourth-order valence-electron chi connectivity index (χ4n) is 2.25. The van der Waals surface area contributed by atoms with Crippen LogP contribution in [0.1, 0.15) is 23.6 Å². The van der Waals surface area contributed by atoms with Gasteiger partial charge in [0.05, 0.1) is 12.8 Å². The summed E-state index contributed by atoms with van der Waals surface area (Å²) in [7, 11) is -3.54. The quantitative estimate of drug-likeness (QED) is 0.571. The van der Waals surface area contributed by atoms with Gasteiger partial charge in [0.25, 0.3) is 0 Å². The molecule has 0 aliphatic carbocycles. The summed E-state index contributed by atoms with van der Waals surface area (Å²) in [5, 5.41) is 8.70. The second-order valence-electron chi connectivity index (χ2n) is 5.12. The summed E-state index contributed by atoms with van der Waals surface area (Å²) >= 11 is 0. The van der Waals surface area contributed by atoms with E-state index in [1.165, 1.54) is 0 Å². The smallest absolute Gasteiger partial charge is 0.332 e. The van der Waals surface area contributed by atoms with Crippen molar-refractivity contribution in [3.63, 3.8) is 0 Å². The monoisotopic (exact) mass is 336 g/mol. The number of aliphatic hydroxyl groups is 1. The Kier molecular flexibility index (Phi) is 6.37. The van der Waals surface area contributed by atoms with Gasteiger partial charge < -0.3 is 19.3 Å². The first-order valence-electron chi connectivity index (χ1n) is 7.39. The minimum absolute atomic E-state index is 0.0221. The van der Waals surface area contributed by atoms with Crippen LogP contribution in [-0.4, -0.2) is 23.4 Å². The Hall–Kier alpha value is -1.65. The van der Waals surface area contributed by atoms with Gasteiger partial charge in [0.2, 0.25) is 0 Å². The first-order valence-corrected chi connectivity index (χ1v) is 9.15. The summed E-state index contributed by atoms with van der Waals surface area (Å²) in [6.45, 7) is 1.59. The van der Waals surface area contributed by atoms with Crippen LogP contribution in [0.3, 0.4) is 0 Å². The van der Waals surface area contributed by atoms with Gasteiger partial charge in [-0.2, -0.15) is 0 Å². The molecule has 2 rings (SSSR count). The number of aliphatic hydroxyl groups excluding tert-OH is 1. The molecular weight excluding hydrogens is 315 g/mol. The molecule has 0 radical (unpaired) electrons. The van der Waals surface area contributed by atoms with E-state index in [0.717, 1.165) is 23.1 Å². The highest BCUT2D eigenvalue weighted by molar-refractivity contribution is 7.51. The van der Waals surface area contributed by atoms with E-state index in [1.54, 1.807) is 6.92 Å². The van der Waals surface area contributed by atoms with E-state index in [2.05, 4.69) is 0 Å². The summed E-state index contributed by atoms with van der Waals surface area (Å²) < 4.78 is 21.6. The molecule has 0 fully saturated rings. The minimum atomic E-state index is -3.54. The van der Waals surface area contributed by atoms with E-state index in [0.29, 0.717) is 5.75 Å². The predicted molar refractivity (Wildman–Crippen MR) is 88.6 cm³/mol. The van der Waals surface area contributed by atoms with Gasteiger partial charge in [-0.3, -0.25) is 4.57 Å². The van der Waals surface area contributed by atoms with Gasteiger partial charge in [0, 0.05) is 0 Å². The highest BCUT2D eigenvalue weighted by Gasteiger charge is 2.18. The number of hydrogen-bond acceptors (Lipinski definition) is 4. The third kappa shape index (κ3) is 5.81. The lowest BCUT2D eigenvalue weighted by molar-refractivity contribution is 0.0985. The molecule has 0 saturated carbocycles. The number of rotatable bonds is 8. The van der Waals surface area contributed by atoms with Crippen LogP contribution in [0.4, 0.5) is 0 Å². The van der Waals surface area contributed by atoms with Crippen molar-refractivity contribution in [1.29, 1.82) is 0 Å². The third-order valence-corrected chi connectivity index (χ3v) is 4.73. The van der Waals surface area contributed by atoms with Crippen LogP contribution < -0.4 is 4.74 Å². The Labute approximate surface area is 136 Å². The topological polar surface area (TPSA) is 76.0 Å². The molecule has 0 bridgehead atoms. The van der Waals surface area contributed by atoms with E-state index in [1.807, 2.05) is 48.5 Å². The molecular formula is C17H21O5P. The number of benzene rings is 2. The van der Waals surface area contributed by atoms with Crippen molar-refractivity contribution in [3.8, 4) is 5.75 Å². The molecule has 5 nitrogen and oxygen atoms in total.